The van der Waals surface area contributed by atoms with Crippen LogP contribution in [0.4, 0.5) is 0 Å². The van der Waals surface area contributed by atoms with E-state index in [9.17, 15) is 9.90 Å². The third-order valence-corrected chi connectivity index (χ3v) is 5.41. The van der Waals surface area contributed by atoms with Crippen molar-refractivity contribution >= 4 is 16.7 Å². The van der Waals surface area contributed by atoms with Crippen LogP contribution in [0, 0.1) is 0 Å². The molecule has 2 aromatic rings. The number of β-amino-alcohol motifs (C(OH)–C–C–N with tert-alkyl or cyclic N) is 1. The molecule has 1 aliphatic heterocycles. The summed E-state index contributed by atoms with van der Waals surface area (Å²) < 4.78 is 5.79. The zero-order valence-electron chi connectivity index (χ0n) is 16.2. The second-order valence-electron chi connectivity index (χ2n) is 7.89. The molecule has 1 unspecified atom stereocenters. The normalized spacial score (nSPS) is 19.5. The van der Waals surface area contributed by atoms with Crippen molar-refractivity contribution in [1.29, 1.82) is 0 Å². The van der Waals surface area contributed by atoms with Crippen LogP contribution in [0.15, 0.2) is 42.5 Å². The SMILES string of the molecule is O=C(CN1CCN(CC(O)COc2ccc3ccccc3c2)CC1)NC1CC1. The van der Waals surface area contributed by atoms with Crippen LogP contribution in [-0.4, -0.2) is 78.8 Å². The number of hydrogen-bond donors (Lipinski definition) is 2. The molecule has 4 rings (SSSR count). The summed E-state index contributed by atoms with van der Waals surface area (Å²) >= 11 is 0. The smallest absolute Gasteiger partial charge is 0.234 e. The van der Waals surface area contributed by atoms with Gasteiger partial charge < -0.3 is 15.2 Å². The Bertz CT molecular complexity index is 800. The summed E-state index contributed by atoms with van der Waals surface area (Å²) in [5, 5.41) is 15.7. The Balaban J connectivity index is 1.17. The van der Waals surface area contributed by atoms with Gasteiger partial charge in [0.25, 0.3) is 0 Å². The average molecular weight is 383 g/mol. The van der Waals surface area contributed by atoms with Gasteiger partial charge in [-0.15, -0.1) is 0 Å². The maximum Gasteiger partial charge on any atom is 0.234 e. The van der Waals surface area contributed by atoms with Crippen LogP contribution in [0.25, 0.3) is 10.8 Å². The Labute approximate surface area is 166 Å². The van der Waals surface area contributed by atoms with E-state index in [-0.39, 0.29) is 12.5 Å². The lowest BCUT2D eigenvalue weighted by Gasteiger charge is -2.35. The van der Waals surface area contributed by atoms with E-state index in [0.717, 1.165) is 50.2 Å². The maximum atomic E-state index is 11.9. The molecule has 1 saturated carbocycles. The first-order valence-corrected chi connectivity index (χ1v) is 10.2. The molecule has 1 aliphatic carbocycles. The molecule has 1 amide bonds. The van der Waals surface area contributed by atoms with Gasteiger partial charge in [-0.25, -0.2) is 0 Å². The van der Waals surface area contributed by atoms with Gasteiger partial charge in [-0.1, -0.05) is 30.3 Å². The molecule has 1 atom stereocenters. The molecule has 6 heteroatoms. The summed E-state index contributed by atoms with van der Waals surface area (Å²) in [5.41, 5.74) is 0. The number of hydrogen-bond acceptors (Lipinski definition) is 5. The fraction of sp³-hybridized carbons (Fsp3) is 0.500. The van der Waals surface area contributed by atoms with Gasteiger partial charge >= 0.3 is 0 Å². The van der Waals surface area contributed by atoms with E-state index in [1.165, 1.54) is 5.39 Å². The topological polar surface area (TPSA) is 65.0 Å². The predicted octanol–water partition coefficient (Wildman–Crippen LogP) is 1.48. The van der Waals surface area contributed by atoms with Gasteiger partial charge in [-0.2, -0.15) is 0 Å². The molecular weight excluding hydrogens is 354 g/mol. The fourth-order valence-electron chi connectivity index (χ4n) is 3.63. The lowest BCUT2D eigenvalue weighted by molar-refractivity contribution is -0.122. The Morgan fingerprint density at radius 3 is 2.54 bits per heavy atom. The molecule has 0 bridgehead atoms. The van der Waals surface area contributed by atoms with E-state index in [4.69, 9.17) is 4.74 Å². The van der Waals surface area contributed by atoms with Gasteiger partial charge in [-0.05, 0) is 35.7 Å². The molecule has 0 aromatic heterocycles. The molecule has 28 heavy (non-hydrogen) atoms. The Morgan fingerprint density at radius 1 is 1.07 bits per heavy atom. The summed E-state index contributed by atoms with van der Waals surface area (Å²) in [4.78, 5) is 16.3. The Hall–Kier alpha value is -2.15. The van der Waals surface area contributed by atoms with Gasteiger partial charge in [-0.3, -0.25) is 14.6 Å². The molecule has 2 aliphatic rings. The minimum absolute atomic E-state index is 0.139. The van der Waals surface area contributed by atoms with Crippen molar-refractivity contribution in [3.05, 3.63) is 42.5 Å². The van der Waals surface area contributed by atoms with Crippen LogP contribution in [-0.2, 0) is 4.79 Å². The number of piperazine rings is 1. The van der Waals surface area contributed by atoms with Crippen LogP contribution >= 0.6 is 0 Å². The minimum Gasteiger partial charge on any atom is -0.491 e. The molecule has 1 saturated heterocycles. The zero-order chi connectivity index (χ0) is 19.3. The summed E-state index contributed by atoms with van der Waals surface area (Å²) in [6, 6.07) is 14.6. The summed E-state index contributed by atoms with van der Waals surface area (Å²) in [5.74, 6) is 0.920. The molecule has 0 radical (unpaired) electrons. The molecule has 150 valence electrons. The number of ether oxygens (including phenoxy) is 1. The number of nitrogens with zero attached hydrogens (tertiary/aromatic N) is 2. The van der Waals surface area contributed by atoms with Crippen LogP contribution < -0.4 is 10.1 Å². The summed E-state index contributed by atoms with van der Waals surface area (Å²) in [7, 11) is 0. The number of carbonyl (C=O) groups excluding carboxylic acids is 1. The number of rotatable bonds is 8. The number of benzene rings is 2. The predicted molar refractivity (Wildman–Crippen MR) is 109 cm³/mol. The highest BCUT2D eigenvalue weighted by Gasteiger charge is 2.25. The number of aliphatic hydroxyl groups excluding tert-OH is 1. The molecule has 1 heterocycles. The van der Waals surface area contributed by atoms with Crippen LogP contribution in [0.5, 0.6) is 5.75 Å². The second-order valence-corrected chi connectivity index (χ2v) is 7.89. The van der Waals surface area contributed by atoms with E-state index in [1.54, 1.807) is 0 Å². The number of nitrogens with one attached hydrogen (secondary N) is 1. The molecule has 2 N–H and O–H groups in total. The fourth-order valence-corrected chi connectivity index (χ4v) is 3.63. The Morgan fingerprint density at radius 2 is 1.79 bits per heavy atom. The van der Waals surface area contributed by atoms with Crippen LogP contribution in [0.3, 0.4) is 0 Å². The highest BCUT2D eigenvalue weighted by atomic mass is 16.5. The van der Waals surface area contributed by atoms with Gasteiger partial charge in [0.05, 0.1) is 6.54 Å². The number of aliphatic hydroxyl groups is 1. The maximum absolute atomic E-state index is 11.9. The van der Waals surface area contributed by atoms with Gasteiger partial charge in [0.1, 0.15) is 18.5 Å². The Kier molecular flexibility index (Phi) is 6.10. The third-order valence-electron chi connectivity index (χ3n) is 5.41. The standard InChI is InChI=1S/C22H29N3O3/c26-20(16-28-21-8-5-17-3-1-2-4-18(17)13-21)14-24-9-11-25(12-10-24)15-22(27)23-19-6-7-19/h1-5,8,13,19-20,26H,6-7,9-12,14-16H2,(H,23,27). The van der Waals surface area contributed by atoms with E-state index in [0.29, 0.717) is 19.1 Å². The highest BCUT2D eigenvalue weighted by molar-refractivity contribution is 5.83. The van der Waals surface area contributed by atoms with Crippen LogP contribution in [0.2, 0.25) is 0 Å². The van der Waals surface area contributed by atoms with Crippen molar-refractivity contribution in [3.63, 3.8) is 0 Å². The van der Waals surface area contributed by atoms with E-state index >= 15 is 0 Å². The zero-order valence-corrected chi connectivity index (χ0v) is 16.2. The quantitative estimate of drug-likeness (QED) is 0.723. The van der Waals surface area contributed by atoms with Crippen molar-refractivity contribution in [3.8, 4) is 5.75 Å². The van der Waals surface area contributed by atoms with E-state index < -0.39 is 6.10 Å². The largest absolute Gasteiger partial charge is 0.491 e. The minimum atomic E-state index is -0.531. The lowest BCUT2D eigenvalue weighted by atomic mass is 10.1. The average Bonchev–Trinajstić information content (AvgIpc) is 3.51. The van der Waals surface area contributed by atoms with Crippen molar-refractivity contribution < 1.29 is 14.6 Å². The third kappa shape index (κ3) is 5.44. The van der Waals surface area contributed by atoms with Gasteiger partial charge in [0.2, 0.25) is 5.91 Å². The number of carbonyl (C=O) groups is 1. The first kappa shape index (κ1) is 19.2. The first-order chi connectivity index (χ1) is 13.7. The molecular formula is C22H29N3O3. The van der Waals surface area contributed by atoms with E-state index in [1.807, 2.05) is 30.3 Å². The van der Waals surface area contributed by atoms with Crippen LogP contribution in [0.1, 0.15) is 12.8 Å². The lowest BCUT2D eigenvalue weighted by Crippen LogP contribution is -2.51. The highest BCUT2D eigenvalue weighted by Crippen LogP contribution is 2.21. The number of amides is 1. The van der Waals surface area contributed by atoms with Gasteiger partial charge in [0, 0.05) is 38.8 Å². The monoisotopic (exact) mass is 383 g/mol. The van der Waals surface area contributed by atoms with Crippen molar-refractivity contribution in [2.45, 2.75) is 25.0 Å². The molecule has 2 fully saturated rings. The van der Waals surface area contributed by atoms with Crippen molar-refractivity contribution in [1.82, 2.24) is 15.1 Å². The van der Waals surface area contributed by atoms with Gasteiger partial charge in [0.15, 0.2) is 0 Å². The van der Waals surface area contributed by atoms with Crippen molar-refractivity contribution in [2.75, 3.05) is 45.9 Å². The number of fused-ring (bicyclic) bond motifs is 1. The second kappa shape index (κ2) is 8.90. The summed E-state index contributed by atoms with van der Waals surface area (Å²) in [6.45, 7) is 4.80. The summed E-state index contributed by atoms with van der Waals surface area (Å²) in [6.07, 6.45) is 1.72. The van der Waals surface area contributed by atoms with Crippen molar-refractivity contribution in [2.24, 2.45) is 0 Å². The molecule has 0 spiro atoms. The molecule has 6 nitrogen and oxygen atoms in total. The molecule has 2 aromatic carbocycles. The first-order valence-electron chi connectivity index (χ1n) is 10.2. The van der Waals surface area contributed by atoms with E-state index in [2.05, 4.69) is 27.2 Å².